The van der Waals surface area contributed by atoms with Crippen LogP contribution in [0.2, 0.25) is 0 Å². The van der Waals surface area contributed by atoms with Gasteiger partial charge in [0.2, 0.25) is 0 Å². The average molecular weight is 417 g/mol. The Kier molecular flexibility index (Phi) is 6.30. The summed E-state index contributed by atoms with van der Waals surface area (Å²) in [5.74, 6) is -0.834. The minimum Gasteiger partial charge on any atom is -0.445 e. The fourth-order valence-electron chi connectivity index (χ4n) is 3.45. The molecule has 0 spiro atoms. The minimum absolute atomic E-state index is 0.0173. The first-order valence-electron chi connectivity index (χ1n) is 9.70. The molecule has 29 heavy (non-hydrogen) atoms. The van der Waals surface area contributed by atoms with Gasteiger partial charge in [-0.05, 0) is 50.1 Å². The summed E-state index contributed by atoms with van der Waals surface area (Å²) >= 11 is 0. The van der Waals surface area contributed by atoms with Gasteiger partial charge in [-0.25, -0.2) is 0 Å². The minimum atomic E-state index is -4.58. The summed E-state index contributed by atoms with van der Waals surface area (Å²) in [6.45, 7) is 3.88. The molecule has 1 saturated heterocycles. The number of likely N-dealkylation sites (N-methyl/N-ethyl adjacent to an activating group) is 1. The number of carbonyl (C=O) groups is 1. The summed E-state index contributed by atoms with van der Waals surface area (Å²) in [4.78, 5) is 32.8. The number of nitrogens with zero attached hydrogens (tertiary/aromatic N) is 1. The Morgan fingerprint density at radius 2 is 1.97 bits per heavy atom. The summed E-state index contributed by atoms with van der Waals surface area (Å²) in [5.41, 5.74) is 2.50. The van der Waals surface area contributed by atoms with E-state index in [-0.39, 0.29) is 6.42 Å². The van der Waals surface area contributed by atoms with Crippen LogP contribution in [0.4, 0.5) is 0 Å². The zero-order valence-corrected chi connectivity index (χ0v) is 17.9. The van der Waals surface area contributed by atoms with Crippen molar-refractivity contribution in [1.29, 1.82) is 0 Å². The molecule has 156 valence electrons. The van der Waals surface area contributed by atoms with E-state index < -0.39 is 24.9 Å². The zero-order valence-electron chi connectivity index (χ0n) is 17.0. The van der Waals surface area contributed by atoms with Gasteiger partial charge in [0.15, 0.2) is 11.4 Å². The molecule has 2 aromatic carbocycles. The van der Waals surface area contributed by atoms with Crippen LogP contribution >= 0.6 is 7.60 Å². The highest BCUT2D eigenvalue weighted by Crippen LogP contribution is 2.56. The Morgan fingerprint density at radius 1 is 1.28 bits per heavy atom. The predicted octanol–water partition coefficient (Wildman–Crippen LogP) is 3.86. The van der Waals surface area contributed by atoms with Gasteiger partial charge in [0.25, 0.3) is 0 Å². The van der Waals surface area contributed by atoms with Crippen LogP contribution in [0.3, 0.4) is 0 Å². The molecule has 2 aromatic rings. The standard InChI is InChI=1S/C22H28NO5P/c1-16(8-9-17-10-11-18-6-4-5-7-19(18)14-17)12-13-23(3)20-15-22(2,21(24)28-20)29(25,26)27/h4-7,10-12,14,20H,8-9,13,15H2,1-3H3,(H2,25,26,27). The van der Waals surface area contributed by atoms with Gasteiger partial charge in [0.1, 0.15) is 0 Å². The number of hydrogen-bond donors (Lipinski definition) is 2. The SMILES string of the molecule is CC(=CCN(C)C1CC(C)(P(=O)(O)O)C(=O)O1)CCc1ccc2ccccc2c1. The lowest BCUT2D eigenvalue weighted by Crippen LogP contribution is -2.33. The van der Waals surface area contributed by atoms with Crippen LogP contribution in [-0.4, -0.2) is 45.6 Å². The van der Waals surface area contributed by atoms with Crippen molar-refractivity contribution in [3.63, 3.8) is 0 Å². The maximum Gasteiger partial charge on any atom is 0.342 e. The average Bonchev–Trinajstić information content (AvgIpc) is 3.00. The third-order valence-corrected chi connectivity index (χ3v) is 7.39. The molecule has 0 saturated carbocycles. The lowest BCUT2D eigenvalue weighted by Gasteiger charge is -2.23. The molecule has 1 heterocycles. The third-order valence-electron chi connectivity index (χ3n) is 5.74. The molecule has 2 atom stereocenters. The van der Waals surface area contributed by atoms with E-state index in [1.165, 1.54) is 28.8 Å². The normalized spacial score (nSPS) is 23.0. The van der Waals surface area contributed by atoms with Crippen molar-refractivity contribution in [1.82, 2.24) is 4.90 Å². The summed E-state index contributed by atoms with van der Waals surface area (Å²) in [6, 6.07) is 14.8. The quantitative estimate of drug-likeness (QED) is 0.404. The number of rotatable bonds is 7. The van der Waals surface area contributed by atoms with Crippen molar-refractivity contribution in [2.24, 2.45) is 0 Å². The number of fused-ring (bicyclic) bond motifs is 1. The molecule has 0 bridgehead atoms. The zero-order chi connectivity index (χ0) is 21.2. The van der Waals surface area contributed by atoms with Crippen molar-refractivity contribution >= 4 is 24.3 Å². The van der Waals surface area contributed by atoms with Gasteiger partial charge < -0.3 is 14.5 Å². The molecule has 7 heteroatoms. The number of hydrogen-bond acceptors (Lipinski definition) is 4. The molecular weight excluding hydrogens is 389 g/mol. The number of allylic oxidation sites excluding steroid dienone is 1. The molecule has 0 aliphatic carbocycles. The molecule has 2 N–H and O–H groups in total. The number of ether oxygens (including phenoxy) is 1. The molecule has 1 aliphatic rings. The fourth-order valence-corrected chi connectivity index (χ4v) is 4.14. The summed E-state index contributed by atoms with van der Waals surface area (Å²) in [7, 11) is -2.79. The van der Waals surface area contributed by atoms with Crippen LogP contribution in [-0.2, 0) is 20.5 Å². The molecule has 2 unspecified atom stereocenters. The van der Waals surface area contributed by atoms with Crippen LogP contribution in [0.1, 0.15) is 32.3 Å². The topological polar surface area (TPSA) is 87.1 Å². The van der Waals surface area contributed by atoms with Crippen molar-refractivity contribution in [3.05, 3.63) is 59.7 Å². The van der Waals surface area contributed by atoms with Gasteiger partial charge in [-0.15, -0.1) is 0 Å². The molecule has 0 aromatic heterocycles. The first-order valence-corrected chi connectivity index (χ1v) is 11.3. The van der Waals surface area contributed by atoms with Gasteiger partial charge in [-0.1, -0.05) is 54.1 Å². The second-order valence-electron chi connectivity index (χ2n) is 8.05. The number of cyclic esters (lactones) is 1. The second kappa shape index (κ2) is 8.41. The van der Waals surface area contributed by atoms with Crippen molar-refractivity contribution in [2.45, 2.75) is 44.5 Å². The summed E-state index contributed by atoms with van der Waals surface area (Å²) in [6.07, 6.45) is 3.27. The number of carbonyl (C=O) groups excluding carboxylic acids is 1. The van der Waals surface area contributed by atoms with Gasteiger partial charge in [0.05, 0.1) is 0 Å². The van der Waals surface area contributed by atoms with E-state index in [0.717, 1.165) is 12.8 Å². The molecule has 1 aliphatic heterocycles. The van der Waals surface area contributed by atoms with Crippen LogP contribution in [0.25, 0.3) is 10.8 Å². The maximum absolute atomic E-state index is 12.0. The van der Waals surface area contributed by atoms with Gasteiger partial charge >= 0.3 is 13.6 Å². The van der Waals surface area contributed by atoms with Crippen LogP contribution < -0.4 is 0 Å². The molecule has 3 rings (SSSR count). The highest BCUT2D eigenvalue weighted by atomic mass is 31.2. The molecular formula is C22H28NO5P. The first kappa shape index (κ1) is 21.7. The van der Waals surface area contributed by atoms with Gasteiger partial charge in [-0.2, -0.15) is 0 Å². The molecule has 0 amide bonds. The van der Waals surface area contributed by atoms with E-state index in [4.69, 9.17) is 4.74 Å². The van der Waals surface area contributed by atoms with Crippen molar-refractivity contribution in [3.8, 4) is 0 Å². The lowest BCUT2D eigenvalue weighted by molar-refractivity contribution is -0.148. The largest absolute Gasteiger partial charge is 0.445 e. The Bertz CT molecular complexity index is 982. The molecule has 0 radical (unpaired) electrons. The van der Waals surface area contributed by atoms with Crippen LogP contribution in [0.15, 0.2) is 54.1 Å². The van der Waals surface area contributed by atoms with Gasteiger partial charge in [0, 0.05) is 13.0 Å². The highest BCUT2D eigenvalue weighted by molar-refractivity contribution is 7.54. The van der Waals surface area contributed by atoms with Crippen LogP contribution in [0.5, 0.6) is 0 Å². The van der Waals surface area contributed by atoms with E-state index in [0.29, 0.717) is 6.54 Å². The summed E-state index contributed by atoms with van der Waals surface area (Å²) < 4.78 is 16.9. The molecule has 6 nitrogen and oxygen atoms in total. The smallest absolute Gasteiger partial charge is 0.342 e. The van der Waals surface area contributed by atoms with Crippen molar-refractivity contribution in [2.75, 3.05) is 13.6 Å². The second-order valence-corrected chi connectivity index (χ2v) is 10.1. The Morgan fingerprint density at radius 3 is 2.62 bits per heavy atom. The van der Waals surface area contributed by atoms with E-state index in [9.17, 15) is 19.1 Å². The van der Waals surface area contributed by atoms with Crippen LogP contribution in [0, 0.1) is 0 Å². The Labute approximate surface area is 171 Å². The van der Waals surface area contributed by atoms with E-state index in [1.807, 2.05) is 12.1 Å². The van der Waals surface area contributed by atoms with Gasteiger partial charge in [-0.3, -0.25) is 14.3 Å². The van der Waals surface area contributed by atoms with E-state index in [2.05, 4.69) is 43.3 Å². The number of aryl methyl sites for hydroxylation is 1. The number of esters is 1. The Hall–Kier alpha value is -1.98. The lowest BCUT2D eigenvalue weighted by atomic mass is 10.0. The van der Waals surface area contributed by atoms with E-state index >= 15 is 0 Å². The van der Waals surface area contributed by atoms with E-state index in [1.54, 1.807) is 11.9 Å². The maximum atomic E-state index is 12.0. The van der Waals surface area contributed by atoms with Crippen molar-refractivity contribution < 1.29 is 23.9 Å². The Balaban J connectivity index is 1.55. The fraction of sp³-hybridized carbons (Fsp3) is 0.409. The predicted molar refractivity (Wildman–Crippen MR) is 114 cm³/mol. The number of benzene rings is 2. The first-order chi connectivity index (χ1) is 13.6. The third kappa shape index (κ3) is 4.78. The summed E-state index contributed by atoms with van der Waals surface area (Å²) in [5, 5.41) is 0.710. The monoisotopic (exact) mass is 417 g/mol. The molecule has 1 fully saturated rings. The highest BCUT2D eigenvalue weighted by Gasteiger charge is 2.58.